The molecule has 0 radical (unpaired) electrons. The highest BCUT2D eigenvalue weighted by Crippen LogP contribution is 2.30. The summed E-state index contributed by atoms with van der Waals surface area (Å²) in [4.78, 5) is 15.1. The van der Waals surface area contributed by atoms with E-state index in [0.717, 1.165) is 11.1 Å². The maximum Gasteiger partial charge on any atom is 0.243 e. The van der Waals surface area contributed by atoms with Gasteiger partial charge in [-0.15, -0.1) is 0 Å². The van der Waals surface area contributed by atoms with Crippen molar-refractivity contribution >= 4 is 21.6 Å². The minimum Gasteiger partial charge on any atom is -0.493 e. The number of methoxy groups -OCH3 is 2. The van der Waals surface area contributed by atoms with E-state index in [-0.39, 0.29) is 5.91 Å². The number of rotatable bonds is 7. The maximum absolute atomic E-state index is 13.1. The van der Waals surface area contributed by atoms with Gasteiger partial charge in [-0.2, -0.15) is 4.31 Å². The van der Waals surface area contributed by atoms with Crippen LogP contribution >= 0.6 is 0 Å². The zero-order chi connectivity index (χ0) is 23.5. The molecular weight excluding hydrogens is 430 g/mol. The summed E-state index contributed by atoms with van der Waals surface area (Å²) in [6, 6.07) is 10.1. The van der Waals surface area contributed by atoms with Crippen molar-refractivity contribution in [2.24, 2.45) is 0 Å². The van der Waals surface area contributed by atoms with Crippen LogP contribution in [0.3, 0.4) is 0 Å². The number of nitrogens with zero attached hydrogens (tertiary/aromatic N) is 2. The molecule has 1 aliphatic rings. The number of aryl methyl sites for hydroxylation is 2. The van der Waals surface area contributed by atoms with E-state index in [0.29, 0.717) is 48.3 Å². The Kier molecular flexibility index (Phi) is 7.43. The molecule has 1 saturated heterocycles. The highest BCUT2D eigenvalue weighted by molar-refractivity contribution is 7.89. The highest BCUT2D eigenvalue weighted by atomic mass is 32.2. The molecule has 1 heterocycles. The lowest BCUT2D eigenvalue weighted by Crippen LogP contribution is -2.54. The first-order chi connectivity index (χ1) is 15.2. The number of hydrogen-bond donors (Lipinski definition) is 1. The van der Waals surface area contributed by atoms with Crippen molar-refractivity contribution in [3.05, 3.63) is 47.5 Å². The van der Waals surface area contributed by atoms with Crippen molar-refractivity contribution in [3.63, 3.8) is 0 Å². The summed E-state index contributed by atoms with van der Waals surface area (Å²) in [6.07, 6.45) is 0. The van der Waals surface area contributed by atoms with Crippen LogP contribution in [-0.4, -0.2) is 70.0 Å². The molecule has 0 bridgehead atoms. The Hall–Kier alpha value is -2.62. The van der Waals surface area contributed by atoms with Crippen molar-refractivity contribution in [3.8, 4) is 11.5 Å². The maximum atomic E-state index is 13.1. The second-order valence-electron chi connectivity index (χ2n) is 7.94. The van der Waals surface area contributed by atoms with Crippen LogP contribution in [0.15, 0.2) is 41.3 Å². The van der Waals surface area contributed by atoms with E-state index in [4.69, 9.17) is 9.47 Å². The van der Waals surface area contributed by atoms with Gasteiger partial charge in [-0.1, -0.05) is 17.7 Å². The van der Waals surface area contributed by atoms with Gasteiger partial charge in [-0.05, 0) is 44.5 Å². The molecule has 0 saturated carbocycles. The fourth-order valence-corrected chi connectivity index (χ4v) is 5.51. The molecule has 1 unspecified atom stereocenters. The number of piperazine rings is 1. The third-order valence-electron chi connectivity index (χ3n) is 5.80. The Morgan fingerprint density at radius 1 is 0.969 bits per heavy atom. The van der Waals surface area contributed by atoms with E-state index in [1.807, 2.05) is 37.8 Å². The van der Waals surface area contributed by atoms with E-state index in [2.05, 4.69) is 5.32 Å². The van der Waals surface area contributed by atoms with E-state index in [9.17, 15) is 13.2 Å². The Balaban J connectivity index is 1.62. The number of benzene rings is 2. The summed E-state index contributed by atoms with van der Waals surface area (Å²) in [5, 5.41) is 2.90. The normalized spacial score (nSPS) is 16.4. The topological polar surface area (TPSA) is 88.2 Å². The number of nitrogens with one attached hydrogen (secondary N) is 1. The Morgan fingerprint density at radius 2 is 1.62 bits per heavy atom. The number of ether oxygens (including phenoxy) is 2. The average Bonchev–Trinajstić information content (AvgIpc) is 2.78. The zero-order valence-corrected chi connectivity index (χ0v) is 20.0. The number of amides is 1. The fourth-order valence-electron chi connectivity index (χ4n) is 3.89. The number of anilines is 1. The van der Waals surface area contributed by atoms with E-state index < -0.39 is 16.1 Å². The quantitative estimate of drug-likeness (QED) is 0.682. The zero-order valence-electron chi connectivity index (χ0n) is 19.2. The molecular formula is C23H31N3O5S. The summed E-state index contributed by atoms with van der Waals surface area (Å²) in [5.74, 6) is 0.950. The summed E-state index contributed by atoms with van der Waals surface area (Å²) in [5.41, 5.74) is 2.38. The smallest absolute Gasteiger partial charge is 0.243 e. The lowest BCUT2D eigenvalue weighted by Gasteiger charge is -2.37. The molecule has 1 fully saturated rings. The Labute approximate surface area is 190 Å². The molecule has 2 aromatic rings. The minimum absolute atomic E-state index is 0.164. The van der Waals surface area contributed by atoms with Gasteiger partial charge < -0.3 is 14.8 Å². The second-order valence-corrected chi connectivity index (χ2v) is 9.85. The molecule has 3 rings (SSSR count). The van der Waals surface area contributed by atoms with Crippen molar-refractivity contribution in [2.45, 2.75) is 31.7 Å². The minimum atomic E-state index is -3.56. The number of sulfonamides is 1. The molecule has 0 aromatic heterocycles. The largest absolute Gasteiger partial charge is 0.493 e. The van der Waals surface area contributed by atoms with Gasteiger partial charge in [0.2, 0.25) is 15.9 Å². The molecule has 32 heavy (non-hydrogen) atoms. The second kappa shape index (κ2) is 9.89. The molecule has 1 atom stereocenters. The van der Waals surface area contributed by atoms with Crippen LogP contribution in [0.5, 0.6) is 11.5 Å². The van der Waals surface area contributed by atoms with Gasteiger partial charge >= 0.3 is 0 Å². The van der Waals surface area contributed by atoms with Gasteiger partial charge in [0.05, 0.1) is 25.2 Å². The van der Waals surface area contributed by atoms with Gasteiger partial charge in [-0.3, -0.25) is 9.69 Å². The van der Waals surface area contributed by atoms with Crippen molar-refractivity contribution in [1.82, 2.24) is 9.21 Å². The first-order valence-electron chi connectivity index (χ1n) is 10.5. The molecule has 8 nitrogen and oxygen atoms in total. The molecule has 1 aliphatic heterocycles. The van der Waals surface area contributed by atoms with Gasteiger partial charge in [0.1, 0.15) is 0 Å². The summed E-state index contributed by atoms with van der Waals surface area (Å²) in [6.45, 7) is 7.21. The van der Waals surface area contributed by atoms with Crippen LogP contribution in [0.25, 0.3) is 0 Å². The van der Waals surface area contributed by atoms with Crippen LogP contribution in [0.2, 0.25) is 0 Å². The Bertz CT molecular complexity index is 1080. The molecule has 1 amide bonds. The SMILES string of the molecule is COc1ccc(NC(=O)C(C)N2CCN(S(=O)(=O)c3ccc(C)cc3C)CC2)cc1OC. The third-order valence-corrected chi connectivity index (χ3v) is 7.86. The van der Waals surface area contributed by atoms with E-state index >= 15 is 0 Å². The summed E-state index contributed by atoms with van der Waals surface area (Å²) < 4.78 is 38.2. The van der Waals surface area contributed by atoms with Crippen LogP contribution < -0.4 is 14.8 Å². The summed E-state index contributed by atoms with van der Waals surface area (Å²) in [7, 11) is -0.468. The highest BCUT2D eigenvalue weighted by Gasteiger charge is 2.32. The van der Waals surface area contributed by atoms with Gasteiger partial charge in [0, 0.05) is 37.9 Å². The molecule has 9 heteroatoms. The lowest BCUT2D eigenvalue weighted by atomic mass is 10.2. The van der Waals surface area contributed by atoms with Gasteiger partial charge in [-0.25, -0.2) is 8.42 Å². The van der Waals surface area contributed by atoms with Crippen molar-refractivity contribution < 1.29 is 22.7 Å². The lowest BCUT2D eigenvalue weighted by molar-refractivity contribution is -0.121. The van der Waals surface area contributed by atoms with Crippen molar-refractivity contribution in [1.29, 1.82) is 0 Å². The fraction of sp³-hybridized carbons (Fsp3) is 0.435. The number of carbonyl (C=O) groups is 1. The molecule has 1 N–H and O–H groups in total. The third kappa shape index (κ3) is 5.06. The van der Waals surface area contributed by atoms with Gasteiger partial charge in [0.15, 0.2) is 11.5 Å². The first kappa shape index (κ1) is 24.0. The molecule has 2 aromatic carbocycles. The van der Waals surface area contributed by atoms with Crippen LogP contribution in [-0.2, 0) is 14.8 Å². The van der Waals surface area contributed by atoms with Crippen LogP contribution in [0, 0.1) is 13.8 Å². The Morgan fingerprint density at radius 3 is 2.22 bits per heavy atom. The first-order valence-corrected chi connectivity index (χ1v) is 12.0. The van der Waals surface area contributed by atoms with Crippen LogP contribution in [0.1, 0.15) is 18.1 Å². The number of carbonyl (C=O) groups excluding carboxylic acids is 1. The summed E-state index contributed by atoms with van der Waals surface area (Å²) >= 11 is 0. The van der Waals surface area contributed by atoms with E-state index in [1.54, 1.807) is 31.4 Å². The molecule has 174 valence electrons. The predicted molar refractivity (Wildman–Crippen MR) is 124 cm³/mol. The van der Waals surface area contributed by atoms with Gasteiger partial charge in [0.25, 0.3) is 0 Å². The molecule has 0 aliphatic carbocycles. The molecule has 0 spiro atoms. The standard InChI is InChI=1S/C23H31N3O5S/c1-16-6-9-22(17(2)14-16)32(28,29)26-12-10-25(11-13-26)18(3)23(27)24-19-7-8-20(30-4)21(15-19)31-5/h6-9,14-15,18H,10-13H2,1-5H3,(H,24,27). The van der Waals surface area contributed by atoms with Crippen molar-refractivity contribution in [2.75, 3.05) is 45.7 Å². The average molecular weight is 462 g/mol. The van der Waals surface area contributed by atoms with E-state index in [1.165, 1.54) is 11.4 Å². The van der Waals surface area contributed by atoms with Crippen LogP contribution in [0.4, 0.5) is 5.69 Å². The monoisotopic (exact) mass is 461 g/mol. The number of hydrogen-bond acceptors (Lipinski definition) is 6. The predicted octanol–water partition coefficient (Wildman–Crippen LogP) is 2.65.